The normalized spacial score (nSPS) is 14.8. The molecule has 12 nitrogen and oxygen atoms in total. The molecule has 12 heteroatoms. The molecule has 0 aliphatic carbocycles. The van der Waals surface area contributed by atoms with E-state index in [1.54, 1.807) is 6.20 Å². The van der Waals surface area contributed by atoms with E-state index in [1.807, 2.05) is 29.6 Å². The van der Waals surface area contributed by atoms with Crippen LogP contribution in [0.4, 0.5) is 0 Å². The van der Waals surface area contributed by atoms with Crippen molar-refractivity contribution in [3.8, 4) is 0 Å². The molecule has 9 N–H and O–H groups in total. The zero-order valence-electron chi connectivity index (χ0n) is 17.4. The molecule has 1 heterocycles. The van der Waals surface area contributed by atoms with Crippen LogP contribution in [0.3, 0.4) is 0 Å². The molecule has 0 aliphatic rings. The molecule has 0 radical (unpaired) electrons. The van der Waals surface area contributed by atoms with E-state index in [9.17, 15) is 29.4 Å². The molecule has 2 aromatic rings. The van der Waals surface area contributed by atoms with Crippen molar-refractivity contribution in [2.45, 2.75) is 37.6 Å². The van der Waals surface area contributed by atoms with Crippen molar-refractivity contribution in [3.63, 3.8) is 0 Å². The van der Waals surface area contributed by atoms with Gasteiger partial charge in [0.25, 0.3) is 0 Å². The second-order valence-electron chi connectivity index (χ2n) is 7.25. The Morgan fingerprint density at radius 1 is 1.09 bits per heavy atom. The molecule has 0 fully saturated rings. The molecule has 4 atom stereocenters. The first-order valence-corrected chi connectivity index (χ1v) is 9.83. The van der Waals surface area contributed by atoms with E-state index < -0.39 is 61.1 Å². The van der Waals surface area contributed by atoms with Gasteiger partial charge in [-0.1, -0.05) is 18.2 Å². The number of H-pyrrole nitrogens is 1. The van der Waals surface area contributed by atoms with Crippen LogP contribution in [-0.2, 0) is 25.6 Å². The summed E-state index contributed by atoms with van der Waals surface area (Å²) in [6, 6.07) is 3.50. The highest BCUT2D eigenvalue weighted by molar-refractivity contribution is 5.94. The van der Waals surface area contributed by atoms with Crippen LogP contribution >= 0.6 is 0 Å². The van der Waals surface area contributed by atoms with E-state index in [-0.39, 0.29) is 6.42 Å². The van der Waals surface area contributed by atoms with Crippen LogP contribution in [0.2, 0.25) is 0 Å². The van der Waals surface area contributed by atoms with Crippen LogP contribution in [0.15, 0.2) is 30.5 Å². The number of fused-ring (bicyclic) bond motifs is 1. The minimum Gasteiger partial charge on any atom is -0.480 e. The van der Waals surface area contributed by atoms with Gasteiger partial charge in [0.1, 0.15) is 18.6 Å². The Hall–Kier alpha value is -3.48. The highest BCUT2D eigenvalue weighted by atomic mass is 16.4. The third-order valence-electron chi connectivity index (χ3n) is 4.74. The van der Waals surface area contributed by atoms with Crippen molar-refractivity contribution in [1.82, 2.24) is 20.9 Å². The number of carboxylic acid groups (broad SMARTS) is 1. The number of rotatable bonds is 11. The van der Waals surface area contributed by atoms with E-state index in [4.69, 9.17) is 10.8 Å². The van der Waals surface area contributed by atoms with Crippen LogP contribution in [0, 0.1) is 0 Å². The molecular formula is C20H27N5O7. The van der Waals surface area contributed by atoms with Crippen LogP contribution < -0.4 is 21.7 Å². The van der Waals surface area contributed by atoms with Gasteiger partial charge >= 0.3 is 5.97 Å². The second-order valence-corrected chi connectivity index (χ2v) is 7.25. The summed E-state index contributed by atoms with van der Waals surface area (Å²) in [7, 11) is 0. The van der Waals surface area contributed by atoms with E-state index in [2.05, 4.69) is 15.6 Å². The monoisotopic (exact) mass is 449 g/mol. The first-order valence-electron chi connectivity index (χ1n) is 9.83. The Balaban J connectivity index is 2.01. The first-order chi connectivity index (χ1) is 15.1. The van der Waals surface area contributed by atoms with Crippen molar-refractivity contribution >= 4 is 34.6 Å². The zero-order valence-corrected chi connectivity index (χ0v) is 17.4. The van der Waals surface area contributed by atoms with Crippen LogP contribution in [-0.4, -0.2) is 81.4 Å². The SMILES string of the molecule is CC(O)C(NC(=O)C(N)Cc1c[nH]c2ccccc12)C(=O)NC(CO)C(=O)NCC(=O)O. The maximum atomic E-state index is 12.6. The summed E-state index contributed by atoms with van der Waals surface area (Å²) < 4.78 is 0. The van der Waals surface area contributed by atoms with E-state index >= 15 is 0 Å². The summed E-state index contributed by atoms with van der Waals surface area (Å²) in [6.45, 7) is -0.267. The number of hydrogen-bond acceptors (Lipinski definition) is 7. The number of aliphatic carboxylic acids is 1. The number of nitrogens with two attached hydrogens (primary N) is 1. The lowest BCUT2D eigenvalue weighted by Gasteiger charge is -2.25. The second kappa shape index (κ2) is 11.2. The molecule has 3 amide bonds. The lowest BCUT2D eigenvalue weighted by molar-refractivity contribution is -0.139. The lowest BCUT2D eigenvalue weighted by atomic mass is 10.0. The van der Waals surface area contributed by atoms with Gasteiger partial charge in [0.05, 0.1) is 18.8 Å². The smallest absolute Gasteiger partial charge is 0.322 e. The number of aliphatic hydroxyl groups excluding tert-OH is 2. The molecule has 0 bridgehead atoms. The number of carbonyl (C=O) groups excluding carboxylic acids is 3. The summed E-state index contributed by atoms with van der Waals surface area (Å²) in [5, 5.41) is 35.3. The molecule has 1 aromatic carbocycles. The van der Waals surface area contributed by atoms with Crippen molar-refractivity contribution < 1.29 is 34.5 Å². The summed E-state index contributed by atoms with van der Waals surface area (Å²) in [4.78, 5) is 50.6. The molecule has 32 heavy (non-hydrogen) atoms. The van der Waals surface area contributed by atoms with Crippen molar-refractivity contribution in [1.29, 1.82) is 0 Å². The zero-order chi connectivity index (χ0) is 23.8. The number of aromatic amines is 1. The van der Waals surface area contributed by atoms with Gasteiger partial charge in [-0.2, -0.15) is 0 Å². The van der Waals surface area contributed by atoms with E-state index in [0.29, 0.717) is 0 Å². The summed E-state index contributed by atoms with van der Waals surface area (Å²) in [5.74, 6) is -3.89. The summed E-state index contributed by atoms with van der Waals surface area (Å²) in [5.41, 5.74) is 7.68. The maximum absolute atomic E-state index is 12.6. The third kappa shape index (κ3) is 6.51. The average molecular weight is 449 g/mol. The minimum absolute atomic E-state index is 0.168. The number of carboxylic acids is 1. The predicted octanol–water partition coefficient (Wildman–Crippen LogP) is -2.42. The fourth-order valence-corrected chi connectivity index (χ4v) is 3.04. The third-order valence-corrected chi connectivity index (χ3v) is 4.74. The Labute approximate surface area is 183 Å². The highest BCUT2D eigenvalue weighted by Gasteiger charge is 2.31. The Morgan fingerprint density at radius 2 is 1.78 bits per heavy atom. The van der Waals surface area contributed by atoms with Crippen LogP contribution in [0.25, 0.3) is 10.9 Å². The molecule has 174 valence electrons. The number of aromatic nitrogens is 1. The molecule has 1 aromatic heterocycles. The lowest BCUT2D eigenvalue weighted by Crippen LogP contribution is -2.60. The summed E-state index contributed by atoms with van der Waals surface area (Å²) in [6.07, 6.45) is 0.555. The first kappa shape index (κ1) is 24.8. The molecule has 4 unspecified atom stereocenters. The van der Waals surface area contributed by atoms with Gasteiger partial charge < -0.3 is 42.0 Å². The topological polar surface area (TPSA) is 207 Å². The number of hydrogen-bond donors (Lipinski definition) is 8. The molecule has 0 aliphatic heterocycles. The number of benzene rings is 1. The van der Waals surface area contributed by atoms with Gasteiger partial charge in [0, 0.05) is 17.1 Å². The largest absolute Gasteiger partial charge is 0.480 e. The molecule has 0 saturated heterocycles. The molecule has 0 spiro atoms. The summed E-state index contributed by atoms with van der Waals surface area (Å²) >= 11 is 0. The maximum Gasteiger partial charge on any atom is 0.322 e. The fourth-order valence-electron chi connectivity index (χ4n) is 3.04. The van der Waals surface area contributed by atoms with Gasteiger partial charge in [-0.15, -0.1) is 0 Å². The number of aliphatic hydroxyl groups is 2. The number of para-hydroxylation sites is 1. The molecule has 0 saturated carbocycles. The number of nitrogens with one attached hydrogen (secondary N) is 4. The molecule has 2 rings (SSSR count). The van der Waals surface area contributed by atoms with Crippen molar-refractivity contribution in [2.24, 2.45) is 5.73 Å². The Kier molecular flexibility index (Phi) is 8.70. The van der Waals surface area contributed by atoms with Crippen LogP contribution in [0.1, 0.15) is 12.5 Å². The molecular weight excluding hydrogens is 422 g/mol. The number of carbonyl (C=O) groups is 4. The van der Waals surface area contributed by atoms with Gasteiger partial charge in [0.2, 0.25) is 17.7 Å². The van der Waals surface area contributed by atoms with Gasteiger partial charge in [-0.25, -0.2) is 0 Å². The minimum atomic E-state index is -1.47. The number of amides is 3. The van der Waals surface area contributed by atoms with E-state index in [1.165, 1.54) is 6.92 Å². The Morgan fingerprint density at radius 3 is 2.41 bits per heavy atom. The van der Waals surface area contributed by atoms with Gasteiger partial charge in [-0.05, 0) is 25.0 Å². The highest BCUT2D eigenvalue weighted by Crippen LogP contribution is 2.18. The Bertz CT molecular complexity index is 974. The standard InChI is InChI=1S/C20H27N5O7/c1-10(27)17(20(32)24-15(9-26)19(31)23-8-16(28)29)25-18(30)13(21)6-11-7-22-14-5-3-2-4-12(11)14/h2-5,7,10,13,15,17,22,26-27H,6,8-9,21H2,1H3,(H,23,31)(H,24,32)(H,25,30)(H,28,29). The van der Waals surface area contributed by atoms with Crippen molar-refractivity contribution in [2.75, 3.05) is 13.2 Å². The predicted molar refractivity (Wildman–Crippen MR) is 113 cm³/mol. The van der Waals surface area contributed by atoms with E-state index in [0.717, 1.165) is 16.5 Å². The van der Waals surface area contributed by atoms with Gasteiger partial charge in [-0.3, -0.25) is 19.2 Å². The van der Waals surface area contributed by atoms with Crippen LogP contribution in [0.5, 0.6) is 0 Å². The fraction of sp³-hybridized carbons (Fsp3) is 0.400. The van der Waals surface area contributed by atoms with Gasteiger partial charge in [0.15, 0.2) is 0 Å². The average Bonchev–Trinajstić information content (AvgIpc) is 3.16. The van der Waals surface area contributed by atoms with Crippen molar-refractivity contribution in [3.05, 3.63) is 36.0 Å². The quantitative estimate of drug-likeness (QED) is 0.185.